The van der Waals surface area contributed by atoms with Gasteiger partial charge >= 0.3 is 5.97 Å². The van der Waals surface area contributed by atoms with Crippen LogP contribution in [0.1, 0.15) is 30.1 Å². The fraction of sp³-hybridized carbons (Fsp3) is 0.350. The molecule has 9 heteroatoms. The number of hydrogen-bond donors (Lipinski definition) is 2. The van der Waals surface area contributed by atoms with Gasteiger partial charge in [0.05, 0.1) is 18.4 Å². The Labute approximate surface area is 167 Å². The standard InChI is InChI=1S/C20H22N6O3/c1-24-11-21-18-19(22-13-6-7-13)23-16-9-15(25(2)26(16)20(18)24)12-4-3-5-14(8-12)29-10-17(27)28/h3-5,8-9,11,13,15H,6-7,10H2,1-2H3,(H,22,23)(H,27,28). The van der Waals surface area contributed by atoms with Crippen LogP contribution >= 0.6 is 0 Å². The van der Waals surface area contributed by atoms with Crippen LogP contribution in [-0.2, 0) is 11.8 Å². The molecule has 2 aromatic rings. The third-order valence-corrected chi connectivity index (χ3v) is 5.26. The van der Waals surface area contributed by atoms with Gasteiger partial charge in [-0.25, -0.2) is 19.8 Å². The summed E-state index contributed by atoms with van der Waals surface area (Å²) < 4.78 is 7.35. The van der Waals surface area contributed by atoms with Crippen molar-refractivity contribution in [3.8, 4) is 5.75 Å². The summed E-state index contributed by atoms with van der Waals surface area (Å²) in [6, 6.07) is 7.86. The van der Waals surface area contributed by atoms with E-state index in [4.69, 9.17) is 14.8 Å². The number of aryl methyl sites for hydroxylation is 1. The SMILES string of the molecule is CN1C(c2cccc(OCC(=O)O)c2)C=C2NC(=NC3CC3)c3ncn(C)c3N21. The van der Waals surface area contributed by atoms with Gasteiger partial charge in [-0.2, -0.15) is 0 Å². The van der Waals surface area contributed by atoms with Crippen LogP contribution in [0.3, 0.4) is 0 Å². The largest absolute Gasteiger partial charge is 0.482 e. The van der Waals surface area contributed by atoms with Crippen molar-refractivity contribution < 1.29 is 14.6 Å². The topological polar surface area (TPSA) is 95.2 Å². The molecular weight excluding hydrogens is 372 g/mol. The van der Waals surface area contributed by atoms with E-state index in [1.165, 1.54) is 0 Å². The van der Waals surface area contributed by atoms with Gasteiger partial charge in [0.25, 0.3) is 0 Å². The van der Waals surface area contributed by atoms with E-state index < -0.39 is 5.97 Å². The minimum Gasteiger partial charge on any atom is -0.482 e. The molecule has 3 aliphatic rings. The van der Waals surface area contributed by atoms with E-state index in [0.717, 1.165) is 41.6 Å². The highest BCUT2D eigenvalue weighted by molar-refractivity contribution is 6.05. The van der Waals surface area contributed by atoms with Crippen LogP contribution in [-0.4, -0.2) is 51.2 Å². The number of fused-ring (bicyclic) bond motifs is 3. The van der Waals surface area contributed by atoms with Gasteiger partial charge in [0, 0.05) is 14.1 Å². The minimum absolute atomic E-state index is 0.0473. The highest BCUT2D eigenvalue weighted by atomic mass is 16.5. The fourth-order valence-electron chi connectivity index (χ4n) is 3.73. The Bertz CT molecular complexity index is 1040. The second-order valence-corrected chi connectivity index (χ2v) is 7.50. The molecule has 1 aliphatic carbocycles. The number of nitrogens with one attached hydrogen (secondary N) is 1. The lowest BCUT2D eigenvalue weighted by Gasteiger charge is -2.36. The van der Waals surface area contributed by atoms with Crippen LogP contribution < -0.4 is 15.1 Å². The number of aliphatic carboxylic acids is 1. The summed E-state index contributed by atoms with van der Waals surface area (Å²) in [5, 5.41) is 16.5. The lowest BCUT2D eigenvalue weighted by molar-refractivity contribution is -0.139. The summed E-state index contributed by atoms with van der Waals surface area (Å²) in [6.07, 6.45) is 6.19. The zero-order valence-electron chi connectivity index (χ0n) is 16.2. The number of anilines is 1. The molecule has 5 rings (SSSR count). The molecule has 9 nitrogen and oxygen atoms in total. The molecule has 1 atom stereocenters. The monoisotopic (exact) mass is 394 g/mol. The van der Waals surface area contributed by atoms with Crippen LogP contribution in [0.15, 0.2) is 47.5 Å². The van der Waals surface area contributed by atoms with Gasteiger partial charge in [0.1, 0.15) is 17.3 Å². The lowest BCUT2D eigenvalue weighted by Crippen LogP contribution is -2.46. The van der Waals surface area contributed by atoms with E-state index in [0.29, 0.717) is 11.8 Å². The molecule has 0 spiro atoms. The Morgan fingerprint density at radius 1 is 1.38 bits per heavy atom. The smallest absolute Gasteiger partial charge is 0.341 e. The molecule has 3 heterocycles. The first-order valence-corrected chi connectivity index (χ1v) is 9.57. The lowest BCUT2D eigenvalue weighted by atomic mass is 10.1. The molecule has 2 aliphatic heterocycles. The molecule has 0 amide bonds. The number of likely N-dealkylation sites (N-methyl/N-ethyl adjacent to an activating group) is 1. The first-order chi connectivity index (χ1) is 14.0. The molecule has 1 unspecified atom stereocenters. The summed E-state index contributed by atoms with van der Waals surface area (Å²) >= 11 is 0. The summed E-state index contributed by atoms with van der Waals surface area (Å²) in [5.74, 6) is 2.26. The number of ether oxygens (including phenoxy) is 1. The number of aliphatic imine (C=N–C) groups is 1. The number of imidazole rings is 1. The van der Waals surface area contributed by atoms with E-state index in [9.17, 15) is 4.79 Å². The molecule has 2 N–H and O–H groups in total. The van der Waals surface area contributed by atoms with Crippen molar-refractivity contribution in [1.29, 1.82) is 0 Å². The first kappa shape index (κ1) is 17.7. The number of hydrogen-bond acceptors (Lipinski definition) is 6. The summed E-state index contributed by atoms with van der Waals surface area (Å²) in [4.78, 5) is 20.2. The minimum atomic E-state index is -0.997. The van der Waals surface area contributed by atoms with Crippen LogP contribution in [0.4, 0.5) is 5.82 Å². The molecule has 29 heavy (non-hydrogen) atoms. The highest BCUT2D eigenvalue weighted by Crippen LogP contribution is 2.40. The van der Waals surface area contributed by atoms with Gasteiger partial charge in [0.15, 0.2) is 18.3 Å². The number of hydrazine groups is 1. The van der Waals surface area contributed by atoms with Crippen molar-refractivity contribution in [3.63, 3.8) is 0 Å². The molecule has 1 saturated carbocycles. The average Bonchev–Trinajstić information content (AvgIpc) is 3.35. The summed E-state index contributed by atoms with van der Waals surface area (Å²) in [6.45, 7) is -0.363. The Kier molecular flexibility index (Phi) is 4.06. The third kappa shape index (κ3) is 3.13. The maximum Gasteiger partial charge on any atom is 0.341 e. The van der Waals surface area contributed by atoms with Gasteiger partial charge in [-0.1, -0.05) is 12.1 Å². The highest BCUT2D eigenvalue weighted by Gasteiger charge is 2.40. The van der Waals surface area contributed by atoms with Crippen LogP contribution in [0.2, 0.25) is 0 Å². The van der Waals surface area contributed by atoms with E-state index in [1.807, 2.05) is 36.9 Å². The molecule has 0 bridgehead atoms. The van der Waals surface area contributed by atoms with E-state index in [1.54, 1.807) is 12.4 Å². The molecule has 1 aromatic carbocycles. The number of carboxylic acids is 1. The Morgan fingerprint density at radius 2 is 2.21 bits per heavy atom. The number of benzene rings is 1. The van der Waals surface area contributed by atoms with Crippen LogP contribution in [0, 0.1) is 0 Å². The normalized spacial score (nSPS) is 22.1. The maximum atomic E-state index is 10.8. The zero-order chi connectivity index (χ0) is 20.1. The number of nitrogens with zero attached hydrogens (tertiary/aromatic N) is 5. The Hall–Kier alpha value is -3.33. The van der Waals surface area contributed by atoms with Crippen LogP contribution in [0.5, 0.6) is 5.75 Å². The zero-order valence-corrected chi connectivity index (χ0v) is 16.2. The van der Waals surface area contributed by atoms with Gasteiger partial charge in [-0.15, -0.1) is 0 Å². The van der Waals surface area contributed by atoms with Crippen molar-refractivity contribution in [1.82, 2.24) is 19.9 Å². The molecule has 1 fully saturated rings. The van der Waals surface area contributed by atoms with Crippen molar-refractivity contribution in [2.75, 3.05) is 18.7 Å². The molecule has 0 saturated heterocycles. The number of rotatable bonds is 5. The van der Waals surface area contributed by atoms with Crippen molar-refractivity contribution in [2.24, 2.45) is 12.0 Å². The fourth-order valence-corrected chi connectivity index (χ4v) is 3.73. The maximum absolute atomic E-state index is 10.8. The van der Waals surface area contributed by atoms with Crippen molar-refractivity contribution in [3.05, 3.63) is 53.7 Å². The number of carbonyl (C=O) groups is 1. The van der Waals surface area contributed by atoms with Gasteiger partial charge in [0.2, 0.25) is 0 Å². The van der Waals surface area contributed by atoms with Crippen molar-refractivity contribution >= 4 is 17.6 Å². The number of aromatic nitrogens is 2. The van der Waals surface area contributed by atoms with E-state index >= 15 is 0 Å². The quantitative estimate of drug-likeness (QED) is 0.796. The Morgan fingerprint density at radius 3 is 2.97 bits per heavy atom. The predicted octanol–water partition coefficient (Wildman–Crippen LogP) is 1.65. The summed E-state index contributed by atoms with van der Waals surface area (Å²) in [7, 11) is 3.99. The molecule has 1 aromatic heterocycles. The number of amidine groups is 1. The van der Waals surface area contributed by atoms with Gasteiger partial charge in [-0.3, -0.25) is 4.99 Å². The molecule has 0 radical (unpaired) electrons. The second-order valence-electron chi connectivity index (χ2n) is 7.50. The molecular formula is C20H22N6O3. The number of carboxylic acid groups (broad SMARTS) is 1. The molecule has 150 valence electrons. The van der Waals surface area contributed by atoms with Crippen LogP contribution in [0.25, 0.3) is 0 Å². The second kappa shape index (κ2) is 6.63. The van der Waals surface area contributed by atoms with Crippen molar-refractivity contribution in [2.45, 2.75) is 24.9 Å². The third-order valence-electron chi connectivity index (χ3n) is 5.26. The van der Waals surface area contributed by atoms with Gasteiger partial charge in [-0.05, 0) is 36.6 Å². The van der Waals surface area contributed by atoms with Gasteiger partial charge < -0.3 is 19.7 Å². The Balaban J connectivity index is 1.49. The first-order valence-electron chi connectivity index (χ1n) is 9.57. The predicted molar refractivity (Wildman–Crippen MR) is 107 cm³/mol. The van der Waals surface area contributed by atoms with E-state index in [2.05, 4.69) is 26.4 Å². The summed E-state index contributed by atoms with van der Waals surface area (Å²) in [5.41, 5.74) is 1.85. The average molecular weight is 394 g/mol. The van der Waals surface area contributed by atoms with E-state index in [-0.39, 0.29) is 12.6 Å².